The van der Waals surface area contributed by atoms with Crippen molar-refractivity contribution in [1.82, 2.24) is 19.9 Å². The van der Waals surface area contributed by atoms with Gasteiger partial charge in [-0.25, -0.2) is 19.9 Å². The molecule has 0 spiro atoms. The Hall–Kier alpha value is -3.56. The first-order chi connectivity index (χ1) is 18.5. The SMILES string of the molecule is COc1ncnc2ccc(C(O)C(F)(F)F)cc12.COc1ncnc2ccc(C(O[Si](C)(C)C)C(F)(F)F)cc12. The minimum atomic E-state index is -4.71. The molecule has 0 saturated carbocycles. The van der Waals surface area contributed by atoms with Gasteiger partial charge in [-0.3, -0.25) is 0 Å². The number of aromatic nitrogens is 4. The third-order valence-electron chi connectivity index (χ3n) is 5.33. The molecule has 40 heavy (non-hydrogen) atoms. The van der Waals surface area contributed by atoms with E-state index in [9.17, 15) is 31.4 Å². The fourth-order valence-corrected chi connectivity index (χ4v) is 4.60. The van der Waals surface area contributed by atoms with Gasteiger partial charge >= 0.3 is 12.4 Å². The first-order valence-electron chi connectivity index (χ1n) is 11.6. The topological polar surface area (TPSA) is 99.5 Å². The average molecular weight is 589 g/mol. The zero-order chi connectivity index (χ0) is 29.9. The summed E-state index contributed by atoms with van der Waals surface area (Å²) in [6, 6.07) is 8.00. The summed E-state index contributed by atoms with van der Waals surface area (Å²) in [6.07, 6.45) is -11.1. The summed E-state index contributed by atoms with van der Waals surface area (Å²) in [4.78, 5) is 15.6. The van der Waals surface area contributed by atoms with E-state index in [4.69, 9.17) is 13.9 Å². The fourth-order valence-electron chi connectivity index (χ4n) is 3.63. The van der Waals surface area contributed by atoms with Gasteiger partial charge < -0.3 is 19.0 Å². The van der Waals surface area contributed by atoms with Gasteiger partial charge in [0.05, 0.1) is 36.0 Å². The van der Waals surface area contributed by atoms with E-state index in [0.29, 0.717) is 21.8 Å². The second-order valence-electron chi connectivity index (χ2n) is 9.42. The van der Waals surface area contributed by atoms with Gasteiger partial charge in [-0.15, -0.1) is 0 Å². The zero-order valence-electron chi connectivity index (χ0n) is 22.0. The zero-order valence-corrected chi connectivity index (χ0v) is 23.0. The highest BCUT2D eigenvalue weighted by Crippen LogP contribution is 2.39. The first-order valence-corrected chi connectivity index (χ1v) is 15.0. The standard InChI is InChI=1S/C14H17F3N2O2Si.C11H9F3N2O2/c1-20-13-10-7-9(5-6-11(10)18-8-19-13)12(14(15,16)17)21-22(2,3)4;1-18-10-7-4-6(9(17)11(12,13)14)2-3-8(7)15-5-16-10/h5-8,12H,1-4H3;2-5,9,17H,1H3. The van der Waals surface area contributed by atoms with Crippen LogP contribution in [0.1, 0.15) is 23.3 Å². The van der Waals surface area contributed by atoms with Gasteiger partial charge in [0.25, 0.3) is 0 Å². The highest BCUT2D eigenvalue weighted by atomic mass is 28.4. The number of hydrogen-bond donors (Lipinski definition) is 1. The van der Waals surface area contributed by atoms with Crippen molar-refractivity contribution in [3.05, 3.63) is 60.2 Å². The van der Waals surface area contributed by atoms with Crippen LogP contribution in [-0.2, 0) is 4.43 Å². The average Bonchev–Trinajstić information content (AvgIpc) is 2.88. The highest BCUT2D eigenvalue weighted by molar-refractivity contribution is 6.69. The predicted molar refractivity (Wildman–Crippen MR) is 136 cm³/mol. The van der Waals surface area contributed by atoms with E-state index in [2.05, 4.69) is 19.9 Å². The number of halogens is 6. The van der Waals surface area contributed by atoms with Crippen LogP contribution in [0.5, 0.6) is 11.8 Å². The maximum Gasteiger partial charge on any atom is 0.418 e. The molecular formula is C25H26F6N4O4Si. The molecule has 2 aromatic heterocycles. The second kappa shape index (κ2) is 11.9. The molecule has 2 atom stereocenters. The normalized spacial score (nSPS) is 13.9. The van der Waals surface area contributed by atoms with E-state index in [0.717, 1.165) is 0 Å². The van der Waals surface area contributed by atoms with E-state index in [1.54, 1.807) is 19.6 Å². The molecule has 2 unspecified atom stereocenters. The third kappa shape index (κ3) is 7.54. The number of hydrogen-bond acceptors (Lipinski definition) is 8. The molecule has 0 aliphatic heterocycles. The van der Waals surface area contributed by atoms with Crippen molar-refractivity contribution < 1.29 is 45.3 Å². The van der Waals surface area contributed by atoms with Crippen molar-refractivity contribution in [1.29, 1.82) is 0 Å². The fraction of sp³-hybridized carbons (Fsp3) is 0.360. The Morgan fingerprint density at radius 3 is 1.55 bits per heavy atom. The lowest BCUT2D eigenvalue weighted by molar-refractivity contribution is -0.206. The van der Waals surface area contributed by atoms with Crippen molar-refractivity contribution >= 4 is 30.1 Å². The Balaban J connectivity index is 0.000000225. The lowest BCUT2D eigenvalue weighted by Crippen LogP contribution is -2.35. The molecule has 0 saturated heterocycles. The van der Waals surface area contributed by atoms with E-state index >= 15 is 0 Å². The maximum atomic E-state index is 13.4. The number of aliphatic hydroxyl groups is 1. The molecule has 1 N–H and O–H groups in total. The molecule has 2 aromatic carbocycles. The Labute approximate surface area is 226 Å². The Morgan fingerprint density at radius 1 is 0.700 bits per heavy atom. The van der Waals surface area contributed by atoms with E-state index in [-0.39, 0.29) is 22.9 Å². The number of methoxy groups -OCH3 is 2. The van der Waals surface area contributed by atoms with Crippen LogP contribution in [0.4, 0.5) is 26.3 Å². The van der Waals surface area contributed by atoms with Crippen LogP contribution in [0, 0.1) is 0 Å². The summed E-state index contributed by atoms with van der Waals surface area (Å²) in [5.74, 6) is 0.400. The summed E-state index contributed by atoms with van der Waals surface area (Å²) in [5, 5.41) is 9.92. The molecule has 0 amide bonds. The molecule has 0 aliphatic rings. The molecule has 0 bridgehead atoms. The monoisotopic (exact) mass is 588 g/mol. The van der Waals surface area contributed by atoms with Gasteiger partial charge in [-0.05, 0) is 55.0 Å². The van der Waals surface area contributed by atoms with Crippen LogP contribution < -0.4 is 9.47 Å². The molecule has 0 aliphatic carbocycles. The van der Waals surface area contributed by atoms with Crippen molar-refractivity contribution in [3.8, 4) is 11.8 Å². The predicted octanol–water partition coefficient (Wildman–Crippen LogP) is 6.33. The van der Waals surface area contributed by atoms with Crippen LogP contribution in [0.3, 0.4) is 0 Å². The minimum Gasteiger partial charge on any atom is -0.480 e. The number of nitrogens with zero attached hydrogens (tertiary/aromatic N) is 4. The summed E-state index contributed by atoms with van der Waals surface area (Å²) in [7, 11) is 0.382. The number of ether oxygens (including phenoxy) is 2. The molecule has 2 heterocycles. The van der Waals surface area contributed by atoms with E-state index < -0.39 is 32.9 Å². The molecule has 0 fully saturated rings. The van der Waals surface area contributed by atoms with Gasteiger partial charge in [-0.1, -0.05) is 12.1 Å². The summed E-state index contributed by atoms with van der Waals surface area (Å²) in [5.41, 5.74) is 0.711. The lowest BCUT2D eigenvalue weighted by Gasteiger charge is -2.28. The summed E-state index contributed by atoms with van der Waals surface area (Å²) >= 11 is 0. The van der Waals surface area contributed by atoms with Crippen LogP contribution in [-0.4, -0.2) is 59.9 Å². The molecule has 15 heteroatoms. The summed E-state index contributed by atoms with van der Waals surface area (Å²) < 4.78 is 92.6. The van der Waals surface area contributed by atoms with Crippen LogP contribution in [0.25, 0.3) is 21.8 Å². The largest absolute Gasteiger partial charge is 0.480 e. The molecular weight excluding hydrogens is 562 g/mol. The molecule has 0 radical (unpaired) electrons. The van der Waals surface area contributed by atoms with Crippen molar-refractivity contribution in [3.63, 3.8) is 0 Å². The van der Waals surface area contributed by atoms with Gasteiger partial charge in [0, 0.05) is 0 Å². The third-order valence-corrected chi connectivity index (χ3v) is 6.27. The Morgan fingerprint density at radius 2 is 1.15 bits per heavy atom. The van der Waals surface area contributed by atoms with Crippen LogP contribution in [0.2, 0.25) is 19.6 Å². The Kier molecular flexibility index (Phi) is 9.21. The van der Waals surface area contributed by atoms with E-state index in [1.807, 2.05) is 0 Å². The second-order valence-corrected chi connectivity index (χ2v) is 13.9. The minimum absolute atomic E-state index is 0.0236. The number of fused-ring (bicyclic) bond motifs is 2. The van der Waals surface area contributed by atoms with Crippen molar-refractivity contribution in [2.45, 2.75) is 44.2 Å². The summed E-state index contributed by atoms with van der Waals surface area (Å²) in [6.45, 7) is 5.16. The quantitative estimate of drug-likeness (QED) is 0.206. The molecule has 8 nitrogen and oxygen atoms in total. The van der Waals surface area contributed by atoms with Crippen LogP contribution in [0.15, 0.2) is 49.1 Å². The molecule has 4 rings (SSSR count). The van der Waals surface area contributed by atoms with Gasteiger partial charge in [0.1, 0.15) is 12.7 Å². The van der Waals surface area contributed by atoms with Gasteiger partial charge in [0.15, 0.2) is 20.5 Å². The highest BCUT2D eigenvalue weighted by Gasteiger charge is 2.44. The first kappa shape index (κ1) is 31.0. The Bertz CT molecular complexity index is 1460. The molecule has 216 valence electrons. The van der Waals surface area contributed by atoms with E-state index in [1.165, 1.54) is 63.3 Å². The number of benzene rings is 2. The maximum absolute atomic E-state index is 13.4. The van der Waals surface area contributed by atoms with Crippen molar-refractivity contribution in [2.24, 2.45) is 0 Å². The van der Waals surface area contributed by atoms with Crippen molar-refractivity contribution in [2.75, 3.05) is 14.2 Å². The molecule has 4 aromatic rings. The smallest absolute Gasteiger partial charge is 0.418 e. The van der Waals surface area contributed by atoms with Gasteiger partial charge in [-0.2, -0.15) is 26.3 Å². The number of rotatable bonds is 6. The lowest BCUT2D eigenvalue weighted by atomic mass is 10.1. The van der Waals surface area contributed by atoms with Gasteiger partial charge in [0.2, 0.25) is 11.8 Å². The number of aliphatic hydroxyl groups excluding tert-OH is 1. The number of alkyl halides is 6. The van der Waals surface area contributed by atoms with Crippen LogP contribution >= 0.6 is 0 Å².